The van der Waals surface area contributed by atoms with Gasteiger partial charge in [-0.2, -0.15) is 11.8 Å². The number of nitrogens with zero attached hydrogens (tertiary/aromatic N) is 1. The zero-order valence-electron chi connectivity index (χ0n) is 17.6. The number of benzene rings is 1. The van der Waals surface area contributed by atoms with Crippen LogP contribution in [0.25, 0.3) is 0 Å². The van der Waals surface area contributed by atoms with Gasteiger partial charge in [-0.05, 0) is 69.4 Å². The van der Waals surface area contributed by atoms with Crippen molar-refractivity contribution >= 4 is 23.6 Å². The first-order chi connectivity index (χ1) is 14.1. The molecule has 1 aliphatic heterocycles. The molecule has 0 radical (unpaired) electrons. The normalized spacial score (nSPS) is 21.7. The van der Waals surface area contributed by atoms with Gasteiger partial charge in [0.1, 0.15) is 5.75 Å². The molecule has 2 fully saturated rings. The van der Waals surface area contributed by atoms with E-state index in [0.29, 0.717) is 6.04 Å². The first kappa shape index (κ1) is 21.8. The Morgan fingerprint density at radius 3 is 2.72 bits per heavy atom. The fraction of sp³-hybridized carbons (Fsp3) is 0.636. The lowest BCUT2D eigenvalue weighted by atomic mass is 10.1. The Kier molecular flexibility index (Phi) is 8.09. The number of rotatable bonds is 10. The quantitative estimate of drug-likeness (QED) is 0.402. The number of nitrogens with one attached hydrogen (secondary N) is 3. The minimum absolute atomic E-state index is 0.0409. The summed E-state index contributed by atoms with van der Waals surface area (Å²) in [6, 6.07) is 8.33. The van der Waals surface area contributed by atoms with E-state index in [2.05, 4.69) is 41.9 Å². The van der Waals surface area contributed by atoms with Crippen LogP contribution >= 0.6 is 11.8 Å². The van der Waals surface area contributed by atoms with Crippen LogP contribution < -0.4 is 20.7 Å². The molecule has 7 heteroatoms. The van der Waals surface area contributed by atoms with E-state index in [1.165, 1.54) is 24.2 Å². The van der Waals surface area contributed by atoms with Crippen molar-refractivity contribution in [3.05, 3.63) is 29.8 Å². The van der Waals surface area contributed by atoms with Crippen molar-refractivity contribution in [3.63, 3.8) is 0 Å². The number of hydrogen-bond acceptors (Lipinski definition) is 4. The van der Waals surface area contributed by atoms with Crippen molar-refractivity contribution in [3.8, 4) is 5.75 Å². The summed E-state index contributed by atoms with van der Waals surface area (Å²) in [5.41, 5.74) is 1.22. The van der Waals surface area contributed by atoms with Crippen LogP contribution in [-0.4, -0.2) is 54.6 Å². The second kappa shape index (κ2) is 10.8. The number of thioether (sulfide) groups is 1. The van der Waals surface area contributed by atoms with Crippen molar-refractivity contribution in [1.82, 2.24) is 16.0 Å². The molecule has 1 amide bonds. The van der Waals surface area contributed by atoms with E-state index >= 15 is 0 Å². The maximum atomic E-state index is 11.7. The van der Waals surface area contributed by atoms with Crippen molar-refractivity contribution in [1.29, 1.82) is 0 Å². The van der Waals surface area contributed by atoms with E-state index in [0.717, 1.165) is 50.6 Å². The molecule has 0 aromatic heterocycles. The van der Waals surface area contributed by atoms with Gasteiger partial charge < -0.3 is 20.7 Å². The van der Waals surface area contributed by atoms with Crippen LogP contribution in [0.15, 0.2) is 29.3 Å². The predicted molar refractivity (Wildman–Crippen MR) is 121 cm³/mol. The monoisotopic (exact) mass is 418 g/mol. The third kappa shape index (κ3) is 7.80. The van der Waals surface area contributed by atoms with Gasteiger partial charge in [0.2, 0.25) is 0 Å². The number of aliphatic imine (C=N–C) groups is 1. The second-order valence-electron chi connectivity index (χ2n) is 8.05. The minimum Gasteiger partial charge on any atom is -0.484 e. The van der Waals surface area contributed by atoms with Gasteiger partial charge in [-0.15, -0.1) is 0 Å². The van der Waals surface area contributed by atoms with E-state index in [-0.39, 0.29) is 17.3 Å². The fourth-order valence-electron chi connectivity index (χ4n) is 3.27. The molecule has 3 N–H and O–H groups in total. The summed E-state index contributed by atoms with van der Waals surface area (Å²) < 4.78 is 5.84. The topological polar surface area (TPSA) is 74.8 Å². The van der Waals surface area contributed by atoms with Gasteiger partial charge in [-0.3, -0.25) is 9.79 Å². The van der Waals surface area contributed by atoms with Gasteiger partial charge in [0.25, 0.3) is 5.91 Å². The molecule has 1 aromatic rings. The summed E-state index contributed by atoms with van der Waals surface area (Å²) in [6.07, 6.45) is 5.63. The molecule has 1 saturated carbocycles. The predicted octanol–water partition coefficient (Wildman–Crippen LogP) is 2.73. The summed E-state index contributed by atoms with van der Waals surface area (Å²) in [5.74, 6) is 2.83. The van der Waals surface area contributed by atoms with Crippen molar-refractivity contribution in [2.45, 2.75) is 56.7 Å². The Hall–Kier alpha value is -1.89. The lowest BCUT2D eigenvalue weighted by molar-refractivity contribution is -0.123. The number of guanidine groups is 1. The molecule has 0 spiro atoms. The molecular weight excluding hydrogens is 384 g/mol. The summed E-state index contributed by atoms with van der Waals surface area (Å²) in [6.45, 7) is 7.02. The lowest BCUT2D eigenvalue weighted by Crippen LogP contribution is -2.39. The first-order valence-corrected chi connectivity index (χ1v) is 11.7. The van der Waals surface area contributed by atoms with Crippen molar-refractivity contribution < 1.29 is 9.53 Å². The summed E-state index contributed by atoms with van der Waals surface area (Å²) in [7, 11) is 0. The summed E-state index contributed by atoms with van der Waals surface area (Å²) >= 11 is 2.04. The second-order valence-corrected chi connectivity index (χ2v) is 9.73. The molecule has 6 nitrogen and oxygen atoms in total. The summed E-state index contributed by atoms with van der Waals surface area (Å²) in [5, 5.41) is 9.69. The Morgan fingerprint density at radius 2 is 2.07 bits per heavy atom. The molecule has 1 unspecified atom stereocenters. The average molecular weight is 419 g/mol. The lowest BCUT2D eigenvalue weighted by Gasteiger charge is -2.21. The Labute approximate surface area is 178 Å². The SMILES string of the molecule is CCNC(=NCC1(C)CCCS1)NCCc1ccc(OCC(=O)NC2CC2)cc1. The van der Waals surface area contributed by atoms with E-state index in [1.807, 2.05) is 23.9 Å². The smallest absolute Gasteiger partial charge is 0.258 e. The number of amides is 1. The van der Waals surface area contributed by atoms with Gasteiger partial charge in [-0.1, -0.05) is 12.1 Å². The molecular formula is C22H34N4O2S. The third-order valence-electron chi connectivity index (χ3n) is 5.16. The molecule has 160 valence electrons. The van der Waals surface area contributed by atoms with Crippen LogP contribution in [0, 0.1) is 0 Å². The van der Waals surface area contributed by atoms with Gasteiger partial charge in [0, 0.05) is 23.9 Å². The van der Waals surface area contributed by atoms with Crippen LogP contribution in [0.4, 0.5) is 0 Å². The number of hydrogen-bond donors (Lipinski definition) is 3. The highest BCUT2D eigenvalue weighted by Gasteiger charge is 2.29. The van der Waals surface area contributed by atoms with E-state index < -0.39 is 0 Å². The maximum absolute atomic E-state index is 11.7. The molecule has 1 atom stereocenters. The number of ether oxygens (including phenoxy) is 1. The standard InChI is InChI=1S/C22H34N4O2S/c1-3-23-21(25-16-22(2)12-4-14-29-22)24-13-11-17-5-9-19(10-6-17)28-15-20(27)26-18-7-8-18/h5-6,9-10,18H,3-4,7-8,11-16H2,1-2H3,(H,26,27)(H2,23,24,25). The van der Waals surface area contributed by atoms with Gasteiger partial charge in [0.05, 0.1) is 6.54 Å². The average Bonchev–Trinajstić information content (AvgIpc) is 3.43. The highest BCUT2D eigenvalue weighted by Crippen LogP contribution is 2.37. The molecule has 1 heterocycles. The Morgan fingerprint density at radius 1 is 1.28 bits per heavy atom. The fourth-order valence-corrected chi connectivity index (χ4v) is 4.50. The zero-order valence-corrected chi connectivity index (χ0v) is 18.4. The first-order valence-electron chi connectivity index (χ1n) is 10.7. The van der Waals surface area contributed by atoms with Crippen LogP contribution in [0.2, 0.25) is 0 Å². The summed E-state index contributed by atoms with van der Waals surface area (Å²) in [4.78, 5) is 16.5. The molecule has 1 aromatic carbocycles. The van der Waals surface area contributed by atoms with Crippen LogP contribution in [0.5, 0.6) is 5.75 Å². The highest BCUT2D eigenvalue weighted by molar-refractivity contribution is 8.00. The van der Waals surface area contributed by atoms with E-state index in [1.54, 1.807) is 0 Å². The van der Waals surface area contributed by atoms with E-state index in [4.69, 9.17) is 9.73 Å². The Balaban J connectivity index is 1.39. The Bertz CT molecular complexity index is 683. The molecule has 1 saturated heterocycles. The zero-order chi connectivity index (χ0) is 20.5. The molecule has 0 bridgehead atoms. The van der Waals surface area contributed by atoms with Gasteiger partial charge in [-0.25, -0.2) is 0 Å². The minimum atomic E-state index is -0.0409. The van der Waals surface area contributed by atoms with Crippen molar-refractivity contribution in [2.24, 2.45) is 4.99 Å². The van der Waals surface area contributed by atoms with Crippen LogP contribution in [0.3, 0.4) is 0 Å². The van der Waals surface area contributed by atoms with Gasteiger partial charge >= 0.3 is 0 Å². The number of carbonyl (C=O) groups is 1. The van der Waals surface area contributed by atoms with Crippen molar-refractivity contribution in [2.75, 3.05) is 32.0 Å². The molecule has 3 rings (SSSR count). The number of carbonyl (C=O) groups excluding carboxylic acids is 1. The largest absolute Gasteiger partial charge is 0.484 e. The van der Waals surface area contributed by atoms with E-state index in [9.17, 15) is 4.79 Å². The molecule has 2 aliphatic rings. The van der Waals surface area contributed by atoms with Gasteiger partial charge in [0.15, 0.2) is 12.6 Å². The van der Waals surface area contributed by atoms with Crippen LogP contribution in [-0.2, 0) is 11.2 Å². The molecule has 1 aliphatic carbocycles. The van der Waals surface area contributed by atoms with Crippen LogP contribution in [0.1, 0.15) is 45.1 Å². The third-order valence-corrected chi connectivity index (χ3v) is 6.68. The highest BCUT2D eigenvalue weighted by atomic mass is 32.2. The maximum Gasteiger partial charge on any atom is 0.258 e. The molecule has 29 heavy (non-hydrogen) atoms.